The molecule has 1 aliphatic rings. The van der Waals surface area contributed by atoms with E-state index >= 15 is 0 Å². The van der Waals surface area contributed by atoms with Crippen molar-refractivity contribution in [2.75, 3.05) is 30.5 Å². The number of piperidine rings is 1. The first-order valence-electron chi connectivity index (χ1n) is 6.07. The molecule has 1 saturated heterocycles. The maximum Gasteiger partial charge on any atom is 0.185 e. The van der Waals surface area contributed by atoms with Crippen molar-refractivity contribution in [1.82, 2.24) is 4.98 Å². The summed E-state index contributed by atoms with van der Waals surface area (Å²) in [6.07, 6.45) is 2.54. The Kier molecular flexibility index (Phi) is 4.65. The topological polar surface area (TPSA) is 25.4 Å². The number of thiazole rings is 1. The lowest BCUT2D eigenvalue weighted by Crippen LogP contribution is -2.37. The molecular weight excluding hydrogens is 256 g/mol. The zero-order chi connectivity index (χ0) is 12.3. The molecule has 0 aliphatic carbocycles. The van der Waals surface area contributed by atoms with Gasteiger partial charge in [-0.05, 0) is 26.7 Å². The highest BCUT2D eigenvalue weighted by Crippen LogP contribution is 2.28. The van der Waals surface area contributed by atoms with E-state index in [1.807, 2.05) is 0 Å². The van der Waals surface area contributed by atoms with Gasteiger partial charge in [-0.15, -0.1) is 22.9 Å². The van der Waals surface area contributed by atoms with Crippen LogP contribution in [-0.4, -0.2) is 36.7 Å². The van der Waals surface area contributed by atoms with E-state index in [2.05, 4.69) is 23.7 Å². The molecule has 2 heterocycles. The highest BCUT2D eigenvalue weighted by atomic mass is 35.5. The Morgan fingerprint density at radius 1 is 1.41 bits per heavy atom. The molecule has 0 amide bonds. The van der Waals surface area contributed by atoms with Crippen LogP contribution < -0.4 is 4.90 Å². The summed E-state index contributed by atoms with van der Waals surface area (Å²) < 4.78 is 5.67. The fourth-order valence-corrected chi connectivity index (χ4v) is 3.07. The molecule has 0 bridgehead atoms. The van der Waals surface area contributed by atoms with Gasteiger partial charge in [-0.1, -0.05) is 0 Å². The van der Waals surface area contributed by atoms with Gasteiger partial charge in [0.25, 0.3) is 0 Å². The highest BCUT2D eigenvalue weighted by Gasteiger charge is 2.21. The van der Waals surface area contributed by atoms with Gasteiger partial charge >= 0.3 is 0 Å². The molecule has 0 atom stereocenters. The smallest absolute Gasteiger partial charge is 0.185 e. The van der Waals surface area contributed by atoms with Gasteiger partial charge in [0, 0.05) is 23.8 Å². The minimum absolute atomic E-state index is 0.382. The average Bonchev–Trinajstić information content (AvgIpc) is 2.68. The van der Waals surface area contributed by atoms with Crippen LogP contribution in [-0.2, 0) is 4.74 Å². The van der Waals surface area contributed by atoms with E-state index in [1.54, 1.807) is 11.3 Å². The molecule has 0 radical (unpaired) electrons. The molecule has 5 heteroatoms. The highest BCUT2D eigenvalue weighted by molar-refractivity contribution is 7.15. The quantitative estimate of drug-likeness (QED) is 0.790. The summed E-state index contributed by atoms with van der Waals surface area (Å²) in [5.41, 5.74) is 1.16. The molecule has 1 aromatic rings. The Bertz CT molecular complexity index is 342. The van der Waals surface area contributed by atoms with Crippen LogP contribution in [0.25, 0.3) is 0 Å². The van der Waals surface area contributed by atoms with Crippen LogP contribution in [0.5, 0.6) is 0 Å². The van der Waals surface area contributed by atoms with Crippen LogP contribution in [0.4, 0.5) is 5.13 Å². The fourth-order valence-electron chi connectivity index (χ4n) is 2.02. The lowest BCUT2D eigenvalue weighted by molar-refractivity contribution is 0.0472. The van der Waals surface area contributed by atoms with E-state index in [4.69, 9.17) is 16.3 Å². The predicted octanol–water partition coefficient (Wildman–Crippen LogP) is 2.98. The van der Waals surface area contributed by atoms with Crippen molar-refractivity contribution in [2.45, 2.75) is 32.8 Å². The number of ether oxygens (including phenoxy) is 1. The molecule has 1 aromatic heterocycles. The number of aromatic nitrogens is 1. The fraction of sp³-hybridized carbons (Fsp3) is 0.750. The van der Waals surface area contributed by atoms with Gasteiger partial charge in [0.1, 0.15) is 0 Å². The maximum absolute atomic E-state index is 5.67. The molecule has 0 N–H and O–H groups in total. The molecule has 17 heavy (non-hydrogen) atoms. The second-order valence-corrected chi connectivity index (χ2v) is 5.94. The van der Waals surface area contributed by atoms with Gasteiger partial charge in [0.15, 0.2) is 5.13 Å². The molecule has 0 unspecified atom stereocenters. The Balaban J connectivity index is 1.86. The molecule has 0 saturated carbocycles. The van der Waals surface area contributed by atoms with Crippen LogP contribution in [0, 0.1) is 13.8 Å². The number of hydrogen-bond donors (Lipinski definition) is 0. The van der Waals surface area contributed by atoms with E-state index in [-0.39, 0.29) is 0 Å². The van der Waals surface area contributed by atoms with Gasteiger partial charge in [0.2, 0.25) is 0 Å². The van der Waals surface area contributed by atoms with Crippen LogP contribution >= 0.6 is 22.9 Å². The summed E-state index contributed by atoms with van der Waals surface area (Å²) in [6.45, 7) is 6.96. The Hall–Kier alpha value is -0.320. The normalized spacial score (nSPS) is 17.7. The molecule has 1 fully saturated rings. The zero-order valence-electron chi connectivity index (χ0n) is 10.4. The molecule has 1 aliphatic heterocycles. The molecule has 3 nitrogen and oxygen atoms in total. The summed E-state index contributed by atoms with van der Waals surface area (Å²) in [5.74, 6) is 0.588. The lowest BCUT2D eigenvalue weighted by Gasteiger charge is -2.31. The number of rotatable bonds is 4. The SMILES string of the molecule is Cc1nc(N2CCC(OCCCl)CC2)sc1C. The third kappa shape index (κ3) is 3.33. The third-order valence-corrected chi connectivity index (χ3v) is 4.45. The molecule has 96 valence electrons. The third-order valence-electron chi connectivity index (χ3n) is 3.16. The van der Waals surface area contributed by atoms with Crippen LogP contribution in [0.15, 0.2) is 0 Å². The Labute approximate surface area is 112 Å². The van der Waals surface area contributed by atoms with E-state index in [1.165, 1.54) is 4.88 Å². The van der Waals surface area contributed by atoms with Crippen molar-refractivity contribution < 1.29 is 4.74 Å². The first kappa shape index (κ1) is 13.1. The maximum atomic E-state index is 5.67. The minimum atomic E-state index is 0.382. The second-order valence-electron chi connectivity index (χ2n) is 4.38. The predicted molar refractivity (Wildman–Crippen MR) is 73.5 cm³/mol. The summed E-state index contributed by atoms with van der Waals surface area (Å²) in [7, 11) is 0. The minimum Gasteiger partial charge on any atom is -0.377 e. The van der Waals surface area contributed by atoms with E-state index in [0.717, 1.165) is 36.8 Å². The second kappa shape index (κ2) is 6.03. The number of alkyl halides is 1. The van der Waals surface area contributed by atoms with Gasteiger partial charge in [0.05, 0.1) is 18.4 Å². The van der Waals surface area contributed by atoms with Crippen molar-refractivity contribution in [3.63, 3.8) is 0 Å². The van der Waals surface area contributed by atoms with Gasteiger partial charge < -0.3 is 9.64 Å². The summed E-state index contributed by atoms with van der Waals surface area (Å²) in [4.78, 5) is 8.29. The number of nitrogens with zero attached hydrogens (tertiary/aromatic N) is 2. The van der Waals surface area contributed by atoms with Crippen LogP contribution in [0.1, 0.15) is 23.4 Å². The van der Waals surface area contributed by atoms with Crippen molar-refractivity contribution in [2.24, 2.45) is 0 Å². The molecular formula is C12H19ClN2OS. The lowest BCUT2D eigenvalue weighted by atomic mass is 10.1. The van der Waals surface area contributed by atoms with Gasteiger partial charge in [-0.3, -0.25) is 0 Å². The van der Waals surface area contributed by atoms with Crippen molar-refractivity contribution in [3.8, 4) is 0 Å². The molecule has 0 aromatic carbocycles. The summed E-state index contributed by atoms with van der Waals surface area (Å²) in [5, 5.41) is 1.16. The van der Waals surface area contributed by atoms with Gasteiger partial charge in [-0.25, -0.2) is 4.98 Å². The number of halogens is 1. The number of aryl methyl sites for hydroxylation is 2. The van der Waals surface area contributed by atoms with E-state index in [0.29, 0.717) is 18.6 Å². The van der Waals surface area contributed by atoms with Crippen LogP contribution in [0.3, 0.4) is 0 Å². The van der Waals surface area contributed by atoms with E-state index < -0.39 is 0 Å². The number of anilines is 1. The average molecular weight is 275 g/mol. The summed E-state index contributed by atoms with van der Waals surface area (Å²) >= 11 is 7.41. The molecule has 2 rings (SSSR count). The Morgan fingerprint density at radius 2 is 2.12 bits per heavy atom. The van der Waals surface area contributed by atoms with Crippen molar-refractivity contribution >= 4 is 28.1 Å². The largest absolute Gasteiger partial charge is 0.377 e. The monoisotopic (exact) mass is 274 g/mol. The van der Waals surface area contributed by atoms with Crippen molar-refractivity contribution in [1.29, 1.82) is 0 Å². The first-order valence-corrected chi connectivity index (χ1v) is 7.42. The van der Waals surface area contributed by atoms with Crippen molar-refractivity contribution in [3.05, 3.63) is 10.6 Å². The van der Waals surface area contributed by atoms with Gasteiger partial charge in [-0.2, -0.15) is 0 Å². The van der Waals surface area contributed by atoms with Crippen LogP contribution in [0.2, 0.25) is 0 Å². The first-order chi connectivity index (χ1) is 8.20. The zero-order valence-corrected chi connectivity index (χ0v) is 12.0. The Morgan fingerprint density at radius 3 is 2.65 bits per heavy atom. The standard InChI is InChI=1S/C12H19ClN2OS/c1-9-10(2)17-12(14-9)15-6-3-11(4-7-15)16-8-5-13/h11H,3-8H2,1-2H3. The number of hydrogen-bond acceptors (Lipinski definition) is 4. The van der Waals surface area contributed by atoms with E-state index in [9.17, 15) is 0 Å². The molecule has 0 spiro atoms. The summed E-state index contributed by atoms with van der Waals surface area (Å²) in [6, 6.07) is 0.